The largest absolute Gasteiger partial charge is 0.456 e. The SMILES string of the molecule is Cc1ccc(C(=O)N2CCn3cc(CNc4ccccn4)nc3C2)o1. The molecule has 0 bridgehead atoms. The number of carbonyl (C=O) groups excluding carboxylic acids is 1. The van der Waals surface area contributed by atoms with Crippen LogP contribution in [0, 0.1) is 6.92 Å². The van der Waals surface area contributed by atoms with Gasteiger partial charge in [0.25, 0.3) is 5.91 Å². The summed E-state index contributed by atoms with van der Waals surface area (Å²) >= 11 is 0. The number of furan rings is 1. The Morgan fingerprint density at radius 2 is 2.20 bits per heavy atom. The molecule has 0 saturated carbocycles. The van der Waals surface area contributed by atoms with E-state index >= 15 is 0 Å². The molecule has 0 saturated heterocycles. The number of aromatic nitrogens is 3. The summed E-state index contributed by atoms with van der Waals surface area (Å²) in [4.78, 5) is 23.2. The van der Waals surface area contributed by atoms with Gasteiger partial charge >= 0.3 is 0 Å². The molecular formula is C18H19N5O2. The van der Waals surface area contributed by atoms with Crippen LogP contribution in [0.5, 0.6) is 0 Å². The normalized spacial score (nSPS) is 13.6. The second-order valence-corrected chi connectivity index (χ2v) is 6.05. The van der Waals surface area contributed by atoms with E-state index in [0.29, 0.717) is 25.4 Å². The third-order valence-corrected chi connectivity index (χ3v) is 4.21. The van der Waals surface area contributed by atoms with Crippen molar-refractivity contribution in [2.45, 2.75) is 26.6 Å². The van der Waals surface area contributed by atoms with Gasteiger partial charge in [-0.2, -0.15) is 0 Å². The van der Waals surface area contributed by atoms with Crippen molar-refractivity contribution >= 4 is 11.7 Å². The van der Waals surface area contributed by atoms with E-state index in [9.17, 15) is 4.79 Å². The summed E-state index contributed by atoms with van der Waals surface area (Å²) in [6.07, 6.45) is 3.78. The molecule has 0 aromatic carbocycles. The van der Waals surface area contributed by atoms with Crippen LogP contribution in [0.4, 0.5) is 5.82 Å². The van der Waals surface area contributed by atoms with Crippen LogP contribution < -0.4 is 5.32 Å². The van der Waals surface area contributed by atoms with Crippen LogP contribution in [0.25, 0.3) is 0 Å². The number of rotatable bonds is 4. The van der Waals surface area contributed by atoms with Crippen molar-refractivity contribution in [1.29, 1.82) is 0 Å². The minimum Gasteiger partial charge on any atom is -0.456 e. The highest BCUT2D eigenvalue weighted by Gasteiger charge is 2.25. The first-order valence-electron chi connectivity index (χ1n) is 8.24. The number of nitrogens with zero attached hydrogens (tertiary/aromatic N) is 4. The molecule has 3 aromatic rings. The lowest BCUT2D eigenvalue weighted by Gasteiger charge is -2.26. The molecule has 1 amide bonds. The fourth-order valence-corrected chi connectivity index (χ4v) is 2.92. The first kappa shape index (κ1) is 15.4. The number of carbonyl (C=O) groups is 1. The molecule has 0 fully saturated rings. The van der Waals surface area contributed by atoms with Gasteiger partial charge in [-0.25, -0.2) is 9.97 Å². The molecule has 1 aliphatic heterocycles. The van der Waals surface area contributed by atoms with Crippen molar-refractivity contribution in [3.05, 3.63) is 65.8 Å². The number of fused-ring (bicyclic) bond motifs is 1. The molecule has 0 atom stereocenters. The van der Waals surface area contributed by atoms with Gasteiger partial charge in [0.15, 0.2) is 5.76 Å². The van der Waals surface area contributed by atoms with Crippen molar-refractivity contribution in [2.24, 2.45) is 0 Å². The van der Waals surface area contributed by atoms with E-state index in [2.05, 4.69) is 19.9 Å². The highest BCUT2D eigenvalue weighted by molar-refractivity contribution is 5.91. The van der Waals surface area contributed by atoms with Gasteiger partial charge in [0.2, 0.25) is 0 Å². The minimum atomic E-state index is -0.0875. The van der Waals surface area contributed by atoms with Crippen LogP contribution in [0.1, 0.15) is 27.8 Å². The lowest BCUT2D eigenvalue weighted by molar-refractivity contribution is 0.0673. The molecule has 7 heteroatoms. The highest BCUT2D eigenvalue weighted by Crippen LogP contribution is 2.17. The van der Waals surface area contributed by atoms with Gasteiger partial charge in [-0.1, -0.05) is 6.07 Å². The number of imidazole rings is 1. The topological polar surface area (TPSA) is 76.2 Å². The molecular weight excluding hydrogens is 318 g/mol. The Kier molecular flexibility index (Phi) is 3.97. The number of hydrogen-bond acceptors (Lipinski definition) is 5. The quantitative estimate of drug-likeness (QED) is 0.791. The van der Waals surface area contributed by atoms with Crippen LogP contribution >= 0.6 is 0 Å². The van der Waals surface area contributed by atoms with E-state index in [1.54, 1.807) is 23.2 Å². The molecule has 3 aromatic heterocycles. The average Bonchev–Trinajstić information content (AvgIpc) is 3.25. The van der Waals surface area contributed by atoms with Crippen molar-refractivity contribution < 1.29 is 9.21 Å². The summed E-state index contributed by atoms with van der Waals surface area (Å²) < 4.78 is 7.55. The number of pyridine rings is 1. The molecule has 4 rings (SSSR count). The van der Waals surface area contributed by atoms with Crippen LogP contribution in [0.15, 0.2) is 47.1 Å². The minimum absolute atomic E-state index is 0.0875. The maximum Gasteiger partial charge on any atom is 0.290 e. The predicted molar refractivity (Wildman–Crippen MR) is 92.0 cm³/mol. The maximum absolute atomic E-state index is 12.5. The van der Waals surface area contributed by atoms with Crippen molar-refractivity contribution in [3.8, 4) is 0 Å². The Hall–Kier alpha value is -3.09. The van der Waals surface area contributed by atoms with Crippen LogP contribution in [0.2, 0.25) is 0 Å². The summed E-state index contributed by atoms with van der Waals surface area (Å²) in [5.41, 5.74) is 0.934. The Morgan fingerprint density at radius 3 is 2.96 bits per heavy atom. The zero-order chi connectivity index (χ0) is 17.2. The van der Waals surface area contributed by atoms with E-state index in [0.717, 1.165) is 29.6 Å². The summed E-state index contributed by atoms with van der Waals surface area (Å²) in [5, 5.41) is 3.25. The van der Waals surface area contributed by atoms with Crippen molar-refractivity contribution in [3.63, 3.8) is 0 Å². The predicted octanol–water partition coefficient (Wildman–Crippen LogP) is 2.45. The number of amides is 1. The van der Waals surface area contributed by atoms with Crippen LogP contribution in [-0.4, -0.2) is 31.9 Å². The molecule has 1 aliphatic rings. The monoisotopic (exact) mass is 337 g/mol. The smallest absolute Gasteiger partial charge is 0.290 e. The molecule has 0 aliphatic carbocycles. The van der Waals surface area contributed by atoms with Crippen molar-refractivity contribution in [2.75, 3.05) is 11.9 Å². The van der Waals surface area contributed by atoms with Crippen molar-refractivity contribution in [1.82, 2.24) is 19.4 Å². The molecule has 1 N–H and O–H groups in total. The van der Waals surface area contributed by atoms with Gasteiger partial charge in [0.1, 0.15) is 17.4 Å². The first-order chi connectivity index (χ1) is 12.2. The lowest BCUT2D eigenvalue weighted by Crippen LogP contribution is -2.38. The summed E-state index contributed by atoms with van der Waals surface area (Å²) in [5.74, 6) is 2.74. The summed E-state index contributed by atoms with van der Waals surface area (Å²) in [6.45, 7) is 4.30. The third-order valence-electron chi connectivity index (χ3n) is 4.21. The number of aryl methyl sites for hydroxylation is 1. The van der Waals surface area contributed by atoms with Crippen LogP contribution in [0.3, 0.4) is 0 Å². The summed E-state index contributed by atoms with van der Waals surface area (Å²) in [7, 11) is 0. The van der Waals surface area contributed by atoms with Crippen LogP contribution in [-0.2, 0) is 19.6 Å². The van der Waals surface area contributed by atoms with E-state index in [-0.39, 0.29) is 5.91 Å². The van der Waals surface area contributed by atoms with E-state index < -0.39 is 0 Å². The zero-order valence-electron chi connectivity index (χ0n) is 14.0. The fraction of sp³-hybridized carbons (Fsp3) is 0.278. The molecule has 128 valence electrons. The third kappa shape index (κ3) is 3.26. The molecule has 4 heterocycles. The maximum atomic E-state index is 12.5. The first-order valence-corrected chi connectivity index (χ1v) is 8.24. The van der Waals surface area contributed by atoms with E-state index in [1.807, 2.05) is 31.3 Å². The van der Waals surface area contributed by atoms with Gasteiger partial charge in [-0.15, -0.1) is 0 Å². The van der Waals surface area contributed by atoms with Gasteiger partial charge < -0.3 is 19.2 Å². The van der Waals surface area contributed by atoms with Gasteiger partial charge in [-0.05, 0) is 31.2 Å². The molecule has 25 heavy (non-hydrogen) atoms. The van der Waals surface area contributed by atoms with Gasteiger partial charge in [0.05, 0.1) is 18.8 Å². The fourth-order valence-electron chi connectivity index (χ4n) is 2.92. The molecule has 0 spiro atoms. The molecule has 7 nitrogen and oxygen atoms in total. The second kappa shape index (κ2) is 6.43. The number of anilines is 1. The number of hydrogen-bond donors (Lipinski definition) is 1. The second-order valence-electron chi connectivity index (χ2n) is 6.05. The lowest BCUT2D eigenvalue weighted by atomic mass is 10.3. The zero-order valence-corrected chi connectivity index (χ0v) is 14.0. The molecule has 0 radical (unpaired) electrons. The number of nitrogens with one attached hydrogen (secondary N) is 1. The molecule has 0 unspecified atom stereocenters. The van der Waals surface area contributed by atoms with E-state index in [4.69, 9.17) is 4.42 Å². The Labute approximate surface area is 145 Å². The van der Waals surface area contributed by atoms with Gasteiger partial charge in [0, 0.05) is 25.5 Å². The van der Waals surface area contributed by atoms with Gasteiger partial charge in [-0.3, -0.25) is 4.79 Å². The van der Waals surface area contributed by atoms with E-state index in [1.165, 1.54) is 0 Å². The highest BCUT2D eigenvalue weighted by atomic mass is 16.3. The Morgan fingerprint density at radius 1 is 1.28 bits per heavy atom. The average molecular weight is 337 g/mol. The summed E-state index contributed by atoms with van der Waals surface area (Å²) in [6, 6.07) is 9.27. The Balaban J connectivity index is 1.43. The Bertz CT molecular complexity index is 884. The standard InChI is InChI=1S/C18H19N5O2/c1-13-5-6-15(25-13)18(24)23-9-8-22-11-14(21-17(22)12-23)10-20-16-4-2-3-7-19-16/h2-7,11H,8-10,12H2,1H3,(H,19,20).